The van der Waals surface area contributed by atoms with E-state index in [1.165, 1.54) is 5.56 Å². The Hall–Kier alpha value is -2.46. The molecule has 0 amide bonds. The summed E-state index contributed by atoms with van der Waals surface area (Å²) in [6, 6.07) is 18.9. The van der Waals surface area contributed by atoms with E-state index in [1.54, 1.807) is 0 Å². The average Bonchev–Trinajstić information content (AvgIpc) is 3.13. The van der Waals surface area contributed by atoms with Gasteiger partial charge >= 0.3 is 0 Å². The van der Waals surface area contributed by atoms with Crippen LogP contribution in [0.2, 0.25) is 0 Å². The summed E-state index contributed by atoms with van der Waals surface area (Å²) in [5.41, 5.74) is 2.45. The molecule has 1 aromatic heterocycles. The van der Waals surface area contributed by atoms with Crippen molar-refractivity contribution in [1.29, 1.82) is 0 Å². The molecule has 2 aromatic carbocycles. The quantitative estimate of drug-likeness (QED) is 0.703. The van der Waals surface area contributed by atoms with Crippen molar-refractivity contribution in [2.45, 2.75) is 12.3 Å². The molecule has 1 N–H and O–H groups in total. The highest BCUT2D eigenvalue weighted by atomic mass is 32.1. The first-order valence-corrected chi connectivity index (χ1v) is 8.66. The second kappa shape index (κ2) is 6.57. The van der Waals surface area contributed by atoms with E-state index < -0.39 is 0 Å². The Morgan fingerprint density at radius 1 is 1.08 bits per heavy atom. The lowest BCUT2D eigenvalue weighted by Crippen LogP contribution is -2.32. The summed E-state index contributed by atoms with van der Waals surface area (Å²) in [6.07, 6.45) is 4.84. The number of fused-ring (bicyclic) bond motifs is 1. The summed E-state index contributed by atoms with van der Waals surface area (Å²) >= 11 is 5.66. The van der Waals surface area contributed by atoms with Gasteiger partial charge in [-0.2, -0.15) is 0 Å². The van der Waals surface area contributed by atoms with Crippen LogP contribution in [0.4, 0.5) is 5.69 Å². The van der Waals surface area contributed by atoms with Crippen LogP contribution in [0, 0.1) is 0 Å². The number of likely N-dealkylation sites (tertiary alicyclic amines) is 1. The Balaban J connectivity index is 1.49. The second-order valence-corrected chi connectivity index (χ2v) is 6.56. The molecule has 1 aliphatic rings. The molecule has 4 heteroatoms. The van der Waals surface area contributed by atoms with Gasteiger partial charge in [-0.15, -0.1) is 0 Å². The van der Waals surface area contributed by atoms with Crippen LogP contribution >= 0.6 is 12.2 Å². The lowest BCUT2D eigenvalue weighted by Gasteiger charge is -2.21. The minimum atomic E-state index is 0.558. The molecule has 1 atom stereocenters. The first-order valence-electron chi connectivity index (χ1n) is 8.25. The molecule has 1 saturated heterocycles. The predicted octanol–water partition coefficient (Wildman–Crippen LogP) is 4.42. The molecule has 3 aromatic rings. The van der Waals surface area contributed by atoms with Crippen molar-refractivity contribution < 1.29 is 0 Å². The summed E-state index contributed by atoms with van der Waals surface area (Å²) in [5, 5.41) is 6.50. The van der Waals surface area contributed by atoms with E-state index in [-0.39, 0.29) is 0 Å². The fraction of sp³-hybridized carbons (Fsp3) is 0.200. The van der Waals surface area contributed by atoms with Crippen LogP contribution in [0.3, 0.4) is 0 Å². The molecule has 120 valence electrons. The predicted molar refractivity (Wildman–Crippen MR) is 103 cm³/mol. The van der Waals surface area contributed by atoms with Crippen LogP contribution in [0.5, 0.6) is 0 Å². The fourth-order valence-corrected chi connectivity index (χ4v) is 3.64. The highest BCUT2D eigenvalue weighted by molar-refractivity contribution is 7.80. The van der Waals surface area contributed by atoms with Gasteiger partial charge in [0.2, 0.25) is 0 Å². The summed E-state index contributed by atoms with van der Waals surface area (Å²) in [6.45, 7) is 1.97. The standard InChI is InChI=1S/C20H19N3S/c24-20(22-19-8-4-7-16-13-21-11-9-18(16)19)23-12-10-17(14-23)15-5-2-1-3-6-15/h1-9,11,13,17H,10,12,14H2,(H,22,24)/t17-/m1/s1. The zero-order valence-electron chi connectivity index (χ0n) is 13.4. The number of rotatable bonds is 2. The van der Waals surface area contributed by atoms with Crippen LogP contribution in [0.1, 0.15) is 17.9 Å². The van der Waals surface area contributed by atoms with Crippen molar-refractivity contribution in [3.05, 3.63) is 72.6 Å². The lowest BCUT2D eigenvalue weighted by molar-refractivity contribution is 0.519. The van der Waals surface area contributed by atoms with Gasteiger partial charge in [-0.1, -0.05) is 42.5 Å². The van der Waals surface area contributed by atoms with Crippen LogP contribution in [0.25, 0.3) is 10.8 Å². The number of nitrogens with one attached hydrogen (secondary N) is 1. The highest BCUT2D eigenvalue weighted by Gasteiger charge is 2.25. The SMILES string of the molecule is S=C(Nc1cccc2cnccc12)N1CC[C@@H](c2ccccc2)C1. The normalized spacial score (nSPS) is 17.2. The minimum absolute atomic E-state index is 0.558. The number of benzene rings is 2. The topological polar surface area (TPSA) is 28.2 Å². The van der Waals surface area contributed by atoms with Crippen molar-refractivity contribution in [1.82, 2.24) is 9.88 Å². The molecule has 0 spiro atoms. The van der Waals surface area contributed by atoms with Gasteiger partial charge in [-0.3, -0.25) is 4.98 Å². The maximum atomic E-state index is 5.66. The Bertz CT molecular complexity index is 858. The van der Waals surface area contributed by atoms with E-state index in [2.05, 4.69) is 57.7 Å². The van der Waals surface area contributed by atoms with Gasteiger partial charge in [0.15, 0.2) is 5.11 Å². The summed E-state index contributed by atoms with van der Waals surface area (Å²) < 4.78 is 0. The molecule has 0 radical (unpaired) electrons. The lowest BCUT2D eigenvalue weighted by atomic mass is 9.99. The maximum absolute atomic E-state index is 5.66. The first kappa shape index (κ1) is 15.1. The zero-order valence-corrected chi connectivity index (χ0v) is 14.2. The molecule has 3 nitrogen and oxygen atoms in total. The fourth-order valence-electron chi connectivity index (χ4n) is 3.37. The van der Waals surface area contributed by atoms with Crippen LogP contribution in [-0.4, -0.2) is 28.1 Å². The van der Waals surface area contributed by atoms with E-state index in [1.807, 2.05) is 24.5 Å². The summed E-state index contributed by atoms with van der Waals surface area (Å²) in [7, 11) is 0. The van der Waals surface area contributed by atoms with Crippen molar-refractivity contribution in [3.8, 4) is 0 Å². The van der Waals surface area contributed by atoms with E-state index in [9.17, 15) is 0 Å². The number of hydrogen-bond donors (Lipinski definition) is 1. The van der Waals surface area contributed by atoms with E-state index in [4.69, 9.17) is 12.2 Å². The number of nitrogens with zero attached hydrogens (tertiary/aromatic N) is 2. The second-order valence-electron chi connectivity index (χ2n) is 6.17. The van der Waals surface area contributed by atoms with Crippen molar-refractivity contribution >= 4 is 33.8 Å². The van der Waals surface area contributed by atoms with Crippen LogP contribution < -0.4 is 5.32 Å². The summed E-state index contributed by atoms with van der Waals surface area (Å²) in [4.78, 5) is 6.45. The molecular formula is C20H19N3S. The van der Waals surface area contributed by atoms with Gasteiger partial charge in [0.1, 0.15) is 0 Å². The number of anilines is 1. The molecule has 0 aliphatic carbocycles. The third-order valence-corrected chi connectivity index (χ3v) is 5.03. The molecule has 1 aliphatic heterocycles. The van der Waals surface area contributed by atoms with Gasteiger partial charge in [0.05, 0.1) is 0 Å². The Morgan fingerprint density at radius 3 is 2.83 bits per heavy atom. The van der Waals surface area contributed by atoms with Crippen molar-refractivity contribution in [2.75, 3.05) is 18.4 Å². The van der Waals surface area contributed by atoms with E-state index >= 15 is 0 Å². The van der Waals surface area contributed by atoms with Crippen LogP contribution in [0.15, 0.2) is 67.0 Å². The average molecular weight is 333 g/mol. The van der Waals surface area contributed by atoms with E-state index in [0.717, 1.165) is 41.1 Å². The number of aromatic nitrogens is 1. The Labute approximate surface area is 147 Å². The third kappa shape index (κ3) is 2.97. The van der Waals surface area contributed by atoms with Crippen LogP contribution in [-0.2, 0) is 0 Å². The smallest absolute Gasteiger partial charge is 0.173 e. The molecule has 2 heterocycles. The summed E-state index contributed by atoms with van der Waals surface area (Å²) in [5.74, 6) is 0.558. The van der Waals surface area contributed by atoms with Gasteiger partial charge in [0, 0.05) is 47.9 Å². The van der Waals surface area contributed by atoms with Gasteiger partial charge < -0.3 is 10.2 Å². The molecule has 4 rings (SSSR count). The maximum Gasteiger partial charge on any atom is 0.173 e. The monoisotopic (exact) mass is 333 g/mol. The van der Waals surface area contributed by atoms with Crippen molar-refractivity contribution in [2.24, 2.45) is 0 Å². The van der Waals surface area contributed by atoms with Gasteiger partial charge in [-0.05, 0) is 36.3 Å². The minimum Gasteiger partial charge on any atom is -0.348 e. The Kier molecular flexibility index (Phi) is 4.13. The first-order chi connectivity index (χ1) is 11.8. The zero-order chi connectivity index (χ0) is 16.4. The molecule has 0 unspecified atom stereocenters. The number of thiocarbonyl (C=S) groups is 1. The highest BCUT2D eigenvalue weighted by Crippen LogP contribution is 2.28. The van der Waals surface area contributed by atoms with E-state index in [0.29, 0.717) is 5.92 Å². The Morgan fingerprint density at radius 2 is 1.96 bits per heavy atom. The molecular weight excluding hydrogens is 314 g/mol. The molecule has 1 fully saturated rings. The largest absolute Gasteiger partial charge is 0.348 e. The molecule has 24 heavy (non-hydrogen) atoms. The van der Waals surface area contributed by atoms with Gasteiger partial charge in [0.25, 0.3) is 0 Å². The molecule has 0 saturated carbocycles. The number of hydrogen-bond acceptors (Lipinski definition) is 2. The third-order valence-electron chi connectivity index (χ3n) is 4.67. The molecule has 0 bridgehead atoms. The number of pyridine rings is 1. The van der Waals surface area contributed by atoms with Gasteiger partial charge in [-0.25, -0.2) is 0 Å². The van der Waals surface area contributed by atoms with Crippen molar-refractivity contribution in [3.63, 3.8) is 0 Å².